The molecule has 2 aromatic rings. The summed E-state index contributed by atoms with van der Waals surface area (Å²) in [5.41, 5.74) is 1.02. The van der Waals surface area contributed by atoms with Crippen molar-refractivity contribution in [2.45, 2.75) is 40.2 Å². The quantitative estimate of drug-likeness (QED) is 0.920. The predicted octanol–water partition coefficient (Wildman–Crippen LogP) is 3.60. The fraction of sp³-hybridized carbons (Fsp3) is 0.444. The van der Waals surface area contributed by atoms with Crippen molar-refractivity contribution in [2.75, 3.05) is 0 Å². The molecule has 0 aliphatic heterocycles. The van der Waals surface area contributed by atoms with Crippen LogP contribution in [0.15, 0.2) is 29.2 Å². The smallest absolute Gasteiger partial charge is 0.193 e. The second-order valence-electron chi connectivity index (χ2n) is 7.47. The van der Waals surface area contributed by atoms with E-state index < -0.39 is 0 Å². The van der Waals surface area contributed by atoms with Crippen LogP contribution in [0.3, 0.4) is 0 Å². The number of pyridine rings is 1. The van der Waals surface area contributed by atoms with Gasteiger partial charge in [-0.05, 0) is 18.6 Å². The predicted molar refractivity (Wildman–Crippen MR) is 85.9 cm³/mol. The maximum absolute atomic E-state index is 12.3. The summed E-state index contributed by atoms with van der Waals surface area (Å²) in [6, 6.07) is 7.02. The highest BCUT2D eigenvalue weighted by Gasteiger charge is 2.55. The Labute approximate surface area is 129 Å². The van der Waals surface area contributed by atoms with Gasteiger partial charge in [-0.1, -0.05) is 27.7 Å². The summed E-state index contributed by atoms with van der Waals surface area (Å²) in [6.07, 6.45) is 2.68. The van der Waals surface area contributed by atoms with E-state index in [-0.39, 0.29) is 22.4 Å². The lowest BCUT2D eigenvalue weighted by Gasteiger charge is -2.56. The third-order valence-corrected chi connectivity index (χ3v) is 4.57. The van der Waals surface area contributed by atoms with Gasteiger partial charge in [0.2, 0.25) is 0 Å². The van der Waals surface area contributed by atoms with Gasteiger partial charge >= 0.3 is 0 Å². The van der Waals surface area contributed by atoms with Crippen LogP contribution in [0.5, 0.6) is 5.75 Å². The molecule has 0 spiro atoms. The normalized spacial score (nSPS) is 19.4. The molecule has 0 amide bonds. The zero-order valence-electron chi connectivity index (χ0n) is 13.4. The maximum Gasteiger partial charge on any atom is 0.193 e. The first-order chi connectivity index (χ1) is 10.3. The van der Waals surface area contributed by atoms with Crippen molar-refractivity contribution in [3.8, 4) is 11.8 Å². The van der Waals surface area contributed by atoms with Crippen LogP contribution < -0.4 is 10.2 Å². The van der Waals surface area contributed by atoms with Crippen molar-refractivity contribution in [3.05, 3.63) is 40.2 Å². The molecule has 1 heterocycles. The fourth-order valence-corrected chi connectivity index (χ4v) is 4.19. The third-order valence-electron chi connectivity index (χ3n) is 4.57. The van der Waals surface area contributed by atoms with E-state index in [9.17, 15) is 10.1 Å². The Morgan fingerprint density at radius 1 is 1.23 bits per heavy atom. The zero-order valence-corrected chi connectivity index (χ0v) is 13.4. The zero-order chi connectivity index (χ0) is 16.1. The summed E-state index contributed by atoms with van der Waals surface area (Å²) >= 11 is 0. The van der Waals surface area contributed by atoms with Crippen molar-refractivity contribution < 1.29 is 4.74 Å². The minimum atomic E-state index is -0.129. The average Bonchev–Trinajstić information content (AvgIpc) is 2.43. The molecule has 1 aromatic carbocycles. The van der Waals surface area contributed by atoms with Crippen LogP contribution in [0.25, 0.3) is 10.9 Å². The Kier molecular flexibility index (Phi) is 3.07. The topological polar surface area (TPSA) is 65.9 Å². The molecule has 1 saturated carbocycles. The number of aromatic amines is 1. The second kappa shape index (κ2) is 4.61. The van der Waals surface area contributed by atoms with Gasteiger partial charge in [0.25, 0.3) is 0 Å². The highest BCUT2D eigenvalue weighted by atomic mass is 16.5. The van der Waals surface area contributed by atoms with Crippen molar-refractivity contribution in [1.29, 1.82) is 5.26 Å². The summed E-state index contributed by atoms with van der Waals surface area (Å²) in [7, 11) is 0. The Balaban J connectivity index is 2.14. The van der Waals surface area contributed by atoms with Gasteiger partial charge in [-0.15, -0.1) is 0 Å². The molecular weight excluding hydrogens is 276 g/mol. The number of benzene rings is 1. The van der Waals surface area contributed by atoms with Crippen molar-refractivity contribution in [3.63, 3.8) is 0 Å². The molecule has 1 aromatic heterocycles. The first-order valence-electron chi connectivity index (χ1n) is 7.47. The number of ether oxygens (including phenoxy) is 1. The fourth-order valence-electron chi connectivity index (χ4n) is 4.19. The molecule has 114 valence electrons. The number of hydrogen-bond donors (Lipinski definition) is 1. The highest BCUT2D eigenvalue weighted by molar-refractivity contribution is 5.89. The molecule has 1 fully saturated rings. The SMILES string of the molecule is CC1(C)CC(C)(C)C1Oc1ccc(C#N)c2[nH]ccc(=O)c12. The molecule has 1 aliphatic carbocycles. The molecule has 4 nitrogen and oxygen atoms in total. The molecular formula is C18H20N2O2. The molecule has 1 N–H and O–H groups in total. The first kappa shape index (κ1) is 14.6. The minimum Gasteiger partial charge on any atom is -0.488 e. The third kappa shape index (κ3) is 2.09. The monoisotopic (exact) mass is 296 g/mol. The number of rotatable bonds is 2. The van der Waals surface area contributed by atoms with Gasteiger partial charge in [-0.3, -0.25) is 4.79 Å². The lowest BCUT2D eigenvalue weighted by Crippen LogP contribution is -2.58. The Morgan fingerprint density at radius 2 is 1.91 bits per heavy atom. The Hall–Kier alpha value is -2.28. The Bertz CT molecular complexity index is 826. The van der Waals surface area contributed by atoms with Crippen LogP contribution in [-0.4, -0.2) is 11.1 Å². The molecule has 1 aliphatic rings. The molecule has 0 unspecified atom stereocenters. The molecule has 0 bridgehead atoms. The highest BCUT2D eigenvalue weighted by Crippen LogP contribution is 2.55. The van der Waals surface area contributed by atoms with Crippen LogP contribution in [0.4, 0.5) is 0 Å². The van der Waals surface area contributed by atoms with Gasteiger partial charge < -0.3 is 9.72 Å². The van der Waals surface area contributed by atoms with Gasteiger partial charge in [-0.2, -0.15) is 5.26 Å². The van der Waals surface area contributed by atoms with E-state index in [1.807, 2.05) is 0 Å². The lowest BCUT2D eigenvalue weighted by molar-refractivity contribution is -0.133. The summed E-state index contributed by atoms with van der Waals surface area (Å²) in [4.78, 5) is 15.3. The largest absolute Gasteiger partial charge is 0.488 e. The Morgan fingerprint density at radius 3 is 2.50 bits per heavy atom. The summed E-state index contributed by atoms with van der Waals surface area (Å²) < 4.78 is 6.25. The van der Waals surface area contributed by atoms with E-state index in [1.54, 1.807) is 18.3 Å². The summed E-state index contributed by atoms with van der Waals surface area (Å²) in [5, 5.41) is 9.67. The maximum atomic E-state index is 12.3. The molecule has 3 rings (SSSR count). The van der Waals surface area contributed by atoms with Gasteiger partial charge in [0.05, 0.1) is 16.5 Å². The molecule has 22 heavy (non-hydrogen) atoms. The molecule has 0 saturated heterocycles. The second-order valence-corrected chi connectivity index (χ2v) is 7.47. The first-order valence-corrected chi connectivity index (χ1v) is 7.47. The van der Waals surface area contributed by atoms with E-state index in [4.69, 9.17) is 4.74 Å². The van der Waals surface area contributed by atoms with E-state index in [0.29, 0.717) is 22.2 Å². The van der Waals surface area contributed by atoms with Crippen molar-refractivity contribution >= 4 is 10.9 Å². The number of nitrogens with one attached hydrogen (secondary N) is 1. The van der Waals surface area contributed by atoms with Gasteiger partial charge in [0, 0.05) is 23.1 Å². The minimum absolute atomic E-state index is 0.0377. The van der Waals surface area contributed by atoms with E-state index in [0.717, 1.165) is 6.42 Å². The standard InChI is InChI=1S/C18H20N2O2/c1-17(2)10-18(3,4)16(17)22-13-6-5-11(9-19)15-14(13)12(21)7-8-20-15/h5-8,16H,10H2,1-4H3,(H,20,21). The van der Waals surface area contributed by atoms with Gasteiger partial charge in [0.1, 0.15) is 17.9 Å². The number of hydrogen-bond acceptors (Lipinski definition) is 3. The van der Waals surface area contributed by atoms with Crippen LogP contribution >= 0.6 is 0 Å². The number of aromatic nitrogens is 1. The number of nitriles is 1. The number of fused-ring (bicyclic) bond motifs is 1. The van der Waals surface area contributed by atoms with Crippen LogP contribution in [0, 0.1) is 22.2 Å². The van der Waals surface area contributed by atoms with Crippen LogP contribution in [-0.2, 0) is 0 Å². The summed E-state index contributed by atoms with van der Waals surface area (Å²) in [5.74, 6) is 0.557. The molecule has 0 radical (unpaired) electrons. The van der Waals surface area contributed by atoms with Crippen LogP contribution in [0.2, 0.25) is 0 Å². The average molecular weight is 296 g/mol. The van der Waals surface area contributed by atoms with Gasteiger partial charge in [0.15, 0.2) is 5.43 Å². The van der Waals surface area contributed by atoms with Crippen molar-refractivity contribution in [2.24, 2.45) is 10.8 Å². The molecule has 4 heteroatoms. The van der Waals surface area contributed by atoms with Crippen LogP contribution in [0.1, 0.15) is 39.7 Å². The number of nitrogens with zero attached hydrogens (tertiary/aromatic N) is 1. The van der Waals surface area contributed by atoms with E-state index in [2.05, 4.69) is 38.7 Å². The summed E-state index contributed by atoms with van der Waals surface area (Å²) in [6.45, 7) is 8.72. The molecule has 0 atom stereocenters. The lowest BCUT2D eigenvalue weighted by atomic mass is 9.53. The van der Waals surface area contributed by atoms with E-state index in [1.165, 1.54) is 6.07 Å². The number of H-pyrrole nitrogens is 1. The van der Waals surface area contributed by atoms with Gasteiger partial charge in [-0.25, -0.2) is 0 Å². The van der Waals surface area contributed by atoms with Crippen molar-refractivity contribution in [1.82, 2.24) is 4.98 Å². The van der Waals surface area contributed by atoms with E-state index >= 15 is 0 Å².